The van der Waals surface area contributed by atoms with Gasteiger partial charge in [0.15, 0.2) is 0 Å². The van der Waals surface area contributed by atoms with Gasteiger partial charge in [-0.15, -0.1) is 5.10 Å². The number of hydrogen-bond donors (Lipinski definition) is 2. The molecule has 2 atom stereocenters. The Morgan fingerprint density at radius 3 is 3.24 bits per heavy atom. The molecular formula is C14H18N6O. The molecule has 7 nitrogen and oxygen atoms in total. The molecule has 0 spiro atoms. The van der Waals surface area contributed by atoms with E-state index in [0.29, 0.717) is 6.54 Å². The highest BCUT2D eigenvalue weighted by Gasteiger charge is 2.30. The average Bonchev–Trinajstić information content (AvgIpc) is 3.17. The van der Waals surface area contributed by atoms with Crippen LogP contribution in [0.1, 0.15) is 19.4 Å². The van der Waals surface area contributed by atoms with Gasteiger partial charge in [-0.25, -0.2) is 4.68 Å². The SMILES string of the molecule is CCNC(=O)[C@@H]1C[C@@H](n2cc(-c3cccnc3)nn2)CN1. The third-order valence-electron chi connectivity index (χ3n) is 3.62. The molecule has 2 aromatic heterocycles. The number of nitrogens with zero attached hydrogens (tertiary/aromatic N) is 4. The lowest BCUT2D eigenvalue weighted by atomic mass is 10.1. The van der Waals surface area contributed by atoms with Crippen molar-refractivity contribution in [1.82, 2.24) is 30.6 Å². The van der Waals surface area contributed by atoms with E-state index in [2.05, 4.69) is 25.9 Å². The first kappa shape index (κ1) is 13.7. The van der Waals surface area contributed by atoms with Crippen LogP contribution in [0.3, 0.4) is 0 Å². The fourth-order valence-corrected chi connectivity index (χ4v) is 2.52. The van der Waals surface area contributed by atoms with Crippen molar-refractivity contribution < 1.29 is 4.79 Å². The van der Waals surface area contributed by atoms with Gasteiger partial charge in [-0.1, -0.05) is 5.21 Å². The number of rotatable bonds is 4. The summed E-state index contributed by atoms with van der Waals surface area (Å²) < 4.78 is 1.83. The summed E-state index contributed by atoms with van der Waals surface area (Å²) in [5.74, 6) is 0.0487. The maximum absolute atomic E-state index is 11.8. The number of pyridine rings is 1. The minimum Gasteiger partial charge on any atom is -0.355 e. The first-order chi connectivity index (χ1) is 10.3. The van der Waals surface area contributed by atoms with E-state index in [1.165, 1.54) is 0 Å². The summed E-state index contributed by atoms with van der Waals surface area (Å²) in [5.41, 5.74) is 1.74. The van der Waals surface area contributed by atoms with E-state index in [9.17, 15) is 4.79 Å². The van der Waals surface area contributed by atoms with Crippen molar-refractivity contribution >= 4 is 5.91 Å². The Kier molecular flexibility index (Phi) is 3.92. The Labute approximate surface area is 122 Å². The van der Waals surface area contributed by atoms with Crippen molar-refractivity contribution in [2.24, 2.45) is 0 Å². The van der Waals surface area contributed by atoms with Crippen LogP contribution in [-0.4, -0.2) is 45.0 Å². The molecule has 0 bridgehead atoms. The van der Waals surface area contributed by atoms with Crippen LogP contribution in [0, 0.1) is 0 Å². The Bertz CT molecular complexity index is 611. The summed E-state index contributed by atoms with van der Waals surface area (Å²) in [6.45, 7) is 3.29. The maximum Gasteiger partial charge on any atom is 0.237 e. The molecule has 0 unspecified atom stereocenters. The Hall–Kier alpha value is -2.28. The van der Waals surface area contributed by atoms with E-state index in [-0.39, 0.29) is 18.0 Å². The first-order valence-corrected chi connectivity index (χ1v) is 7.11. The van der Waals surface area contributed by atoms with Crippen LogP contribution in [0.2, 0.25) is 0 Å². The van der Waals surface area contributed by atoms with Gasteiger partial charge in [-0.2, -0.15) is 0 Å². The fourth-order valence-electron chi connectivity index (χ4n) is 2.52. The number of carbonyl (C=O) groups excluding carboxylic acids is 1. The smallest absolute Gasteiger partial charge is 0.237 e. The van der Waals surface area contributed by atoms with Crippen LogP contribution in [-0.2, 0) is 4.79 Å². The van der Waals surface area contributed by atoms with Crippen LogP contribution in [0.15, 0.2) is 30.7 Å². The van der Waals surface area contributed by atoms with Crippen LogP contribution in [0.5, 0.6) is 0 Å². The molecule has 1 fully saturated rings. The minimum atomic E-state index is -0.152. The van der Waals surface area contributed by atoms with Crippen molar-refractivity contribution in [2.75, 3.05) is 13.1 Å². The normalized spacial score (nSPS) is 21.4. The highest BCUT2D eigenvalue weighted by atomic mass is 16.2. The molecule has 0 aliphatic carbocycles. The molecule has 3 heterocycles. The van der Waals surface area contributed by atoms with E-state index in [4.69, 9.17) is 0 Å². The van der Waals surface area contributed by atoms with Gasteiger partial charge in [0.05, 0.1) is 18.3 Å². The van der Waals surface area contributed by atoms with Crippen LogP contribution >= 0.6 is 0 Å². The van der Waals surface area contributed by atoms with E-state index in [1.807, 2.05) is 29.9 Å². The Balaban J connectivity index is 1.69. The summed E-state index contributed by atoms with van der Waals surface area (Å²) >= 11 is 0. The third kappa shape index (κ3) is 2.92. The fraction of sp³-hybridized carbons (Fsp3) is 0.429. The second kappa shape index (κ2) is 6.01. The lowest BCUT2D eigenvalue weighted by Crippen LogP contribution is -2.40. The molecule has 1 aliphatic heterocycles. The molecule has 1 amide bonds. The summed E-state index contributed by atoms with van der Waals surface area (Å²) in [7, 11) is 0. The van der Waals surface area contributed by atoms with E-state index in [1.54, 1.807) is 12.4 Å². The molecule has 2 aromatic rings. The third-order valence-corrected chi connectivity index (χ3v) is 3.62. The lowest BCUT2D eigenvalue weighted by molar-refractivity contribution is -0.122. The van der Waals surface area contributed by atoms with Crippen molar-refractivity contribution in [3.63, 3.8) is 0 Å². The van der Waals surface area contributed by atoms with Crippen LogP contribution in [0.4, 0.5) is 0 Å². The van der Waals surface area contributed by atoms with Crippen molar-refractivity contribution in [2.45, 2.75) is 25.4 Å². The predicted molar refractivity (Wildman–Crippen MR) is 77.4 cm³/mol. The van der Waals surface area contributed by atoms with Crippen LogP contribution in [0.25, 0.3) is 11.3 Å². The van der Waals surface area contributed by atoms with E-state index >= 15 is 0 Å². The van der Waals surface area contributed by atoms with Crippen molar-refractivity contribution in [3.05, 3.63) is 30.7 Å². The molecule has 2 N–H and O–H groups in total. The second-order valence-corrected chi connectivity index (χ2v) is 5.07. The molecule has 0 aromatic carbocycles. The van der Waals surface area contributed by atoms with Crippen molar-refractivity contribution in [1.29, 1.82) is 0 Å². The number of likely N-dealkylation sites (N-methyl/N-ethyl adjacent to an activating group) is 1. The highest BCUT2D eigenvalue weighted by molar-refractivity contribution is 5.82. The average molecular weight is 286 g/mol. The molecule has 3 rings (SSSR count). The van der Waals surface area contributed by atoms with Gasteiger partial charge in [0.25, 0.3) is 0 Å². The van der Waals surface area contributed by atoms with E-state index in [0.717, 1.165) is 24.2 Å². The molecule has 1 aliphatic rings. The maximum atomic E-state index is 11.8. The molecule has 1 saturated heterocycles. The van der Waals surface area contributed by atoms with Crippen molar-refractivity contribution in [3.8, 4) is 11.3 Å². The molecule has 110 valence electrons. The lowest BCUT2D eigenvalue weighted by Gasteiger charge is -2.10. The first-order valence-electron chi connectivity index (χ1n) is 7.11. The summed E-state index contributed by atoms with van der Waals surface area (Å²) in [6, 6.07) is 3.82. The van der Waals surface area contributed by atoms with Gasteiger partial charge < -0.3 is 10.6 Å². The second-order valence-electron chi connectivity index (χ2n) is 5.07. The molecule has 7 heteroatoms. The molecule has 0 radical (unpaired) electrons. The van der Waals surface area contributed by atoms with Gasteiger partial charge in [0.2, 0.25) is 5.91 Å². The summed E-state index contributed by atoms with van der Waals surface area (Å²) in [6.07, 6.45) is 6.12. The predicted octanol–water partition coefficient (Wildman–Crippen LogP) is 0.379. The van der Waals surface area contributed by atoms with Gasteiger partial charge in [-0.3, -0.25) is 9.78 Å². The number of nitrogens with one attached hydrogen (secondary N) is 2. The van der Waals surface area contributed by atoms with Gasteiger partial charge >= 0.3 is 0 Å². The zero-order chi connectivity index (χ0) is 14.7. The number of amides is 1. The molecular weight excluding hydrogens is 268 g/mol. The topological polar surface area (TPSA) is 84.7 Å². The zero-order valence-electron chi connectivity index (χ0n) is 11.9. The zero-order valence-corrected chi connectivity index (χ0v) is 11.9. The van der Waals surface area contributed by atoms with Gasteiger partial charge in [-0.05, 0) is 25.5 Å². The largest absolute Gasteiger partial charge is 0.355 e. The minimum absolute atomic E-state index is 0.0487. The number of aromatic nitrogens is 4. The molecule has 0 saturated carbocycles. The summed E-state index contributed by atoms with van der Waals surface area (Å²) in [4.78, 5) is 15.9. The van der Waals surface area contributed by atoms with Gasteiger partial charge in [0, 0.05) is 31.0 Å². The Morgan fingerprint density at radius 2 is 2.48 bits per heavy atom. The molecule has 21 heavy (non-hydrogen) atoms. The Morgan fingerprint density at radius 1 is 1.57 bits per heavy atom. The highest BCUT2D eigenvalue weighted by Crippen LogP contribution is 2.21. The number of hydrogen-bond acceptors (Lipinski definition) is 5. The summed E-state index contributed by atoms with van der Waals surface area (Å²) in [5, 5.41) is 14.4. The standard InChI is InChI=1S/C14H18N6O/c1-2-16-14(21)12-6-11(8-17-12)20-9-13(18-19-20)10-4-3-5-15-7-10/h3-5,7,9,11-12,17H,2,6,8H2,1H3,(H,16,21)/t11-,12+/m1/s1. The van der Waals surface area contributed by atoms with E-state index < -0.39 is 0 Å². The quantitative estimate of drug-likeness (QED) is 0.849. The van der Waals surface area contributed by atoms with Gasteiger partial charge in [0.1, 0.15) is 5.69 Å². The van der Waals surface area contributed by atoms with Crippen LogP contribution < -0.4 is 10.6 Å². The number of carbonyl (C=O) groups is 1. The monoisotopic (exact) mass is 286 g/mol.